The SMILES string of the molecule is [CH2]C(CBr)C(Br)CBr. The molecule has 0 fully saturated rings. The fourth-order valence-electron chi connectivity index (χ4n) is 0.223. The van der Waals surface area contributed by atoms with Crippen molar-refractivity contribution in [1.82, 2.24) is 0 Å². The zero-order valence-electron chi connectivity index (χ0n) is 4.41. The Morgan fingerprint density at radius 2 is 1.75 bits per heavy atom. The first-order chi connectivity index (χ1) is 3.72. The third-order valence-corrected chi connectivity index (χ3v) is 4.33. The Labute approximate surface area is 75.8 Å². The zero-order chi connectivity index (χ0) is 6.57. The van der Waals surface area contributed by atoms with Gasteiger partial charge in [-0.1, -0.05) is 47.8 Å². The molecule has 2 unspecified atom stereocenters. The summed E-state index contributed by atoms with van der Waals surface area (Å²) in [5, 5.41) is 1.92. The molecule has 0 aromatic carbocycles. The lowest BCUT2D eigenvalue weighted by molar-refractivity contribution is 0.749. The van der Waals surface area contributed by atoms with Crippen LogP contribution < -0.4 is 0 Å². The number of hydrogen-bond acceptors (Lipinski definition) is 0. The van der Waals surface area contributed by atoms with Crippen molar-refractivity contribution in [2.24, 2.45) is 5.92 Å². The highest BCUT2D eigenvalue weighted by molar-refractivity contribution is 9.12. The molecular formula is C5H8Br3. The molecule has 0 N–H and O–H groups in total. The fourth-order valence-corrected chi connectivity index (χ4v) is 1.89. The van der Waals surface area contributed by atoms with E-state index in [1.165, 1.54) is 0 Å². The Morgan fingerprint density at radius 1 is 1.25 bits per heavy atom. The summed E-state index contributed by atoms with van der Waals surface area (Å²) >= 11 is 10.2. The van der Waals surface area contributed by atoms with Crippen LogP contribution in [0.2, 0.25) is 0 Å². The Hall–Kier alpha value is 1.44. The molecular weight excluding hydrogens is 300 g/mol. The molecule has 0 aliphatic heterocycles. The first-order valence-electron chi connectivity index (χ1n) is 2.31. The van der Waals surface area contributed by atoms with Crippen LogP contribution in [0.1, 0.15) is 0 Å². The van der Waals surface area contributed by atoms with E-state index in [0.29, 0.717) is 10.7 Å². The second-order valence-electron chi connectivity index (χ2n) is 1.58. The van der Waals surface area contributed by atoms with Gasteiger partial charge in [-0.25, -0.2) is 0 Å². The summed E-state index contributed by atoms with van der Waals surface area (Å²) in [7, 11) is 0. The Kier molecular flexibility index (Phi) is 6.19. The van der Waals surface area contributed by atoms with Crippen LogP contribution in [0.25, 0.3) is 0 Å². The van der Waals surface area contributed by atoms with Crippen LogP contribution in [0.4, 0.5) is 0 Å². The molecule has 0 aromatic rings. The number of rotatable bonds is 3. The topological polar surface area (TPSA) is 0 Å². The molecule has 0 spiro atoms. The molecule has 8 heavy (non-hydrogen) atoms. The smallest absolute Gasteiger partial charge is 0.0278 e. The van der Waals surface area contributed by atoms with Crippen molar-refractivity contribution < 1.29 is 0 Å². The second-order valence-corrected chi connectivity index (χ2v) is 4.06. The molecule has 0 saturated heterocycles. The lowest BCUT2D eigenvalue weighted by Crippen LogP contribution is -2.13. The van der Waals surface area contributed by atoms with Gasteiger partial charge in [-0.15, -0.1) is 0 Å². The van der Waals surface area contributed by atoms with Gasteiger partial charge in [0.2, 0.25) is 0 Å². The second kappa shape index (κ2) is 5.24. The normalized spacial score (nSPS) is 18.0. The summed E-state index contributed by atoms with van der Waals surface area (Å²) in [5.74, 6) is 0.453. The summed E-state index contributed by atoms with van der Waals surface area (Å²) in [6.45, 7) is 3.90. The molecule has 0 amide bonds. The zero-order valence-corrected chi connectivity index (χ0v) is 9.17. The molecule has 1 radical (unpaired) electrons. The van der Waals surface area contributed by atoms with E-state index < -0.39 is 0 Å². The van der Waals surface area contributed by atoms with Gasteiger partial charge in [0.15, 0.2) is 0 Å². The first kappa shape index (κ1) is 9.44. The molecule has 2 atom stereocenters. The molecule has 0 nitrogen and oxygen atoms in total. The van der Waals surface area contributed by atoms with E-state index in [9.17, 15) is 0 Å². The fraction of sp³-hybridized carbons (Fsp3) is 0.800. The van der Waals surface area contributed by atoms with Crippen molar-refractivity contribution in [3.63, 3.8) is 0 Å². The third-order valence-electron chi connectivity index (χ3n) is 0.857. The summed E-state index contributed by atoms with van der Waals surface area (Å²) in [5.41, 5.74) is 0. The molecule has 0 aliphatic rings. The van der Waals surface area contributed by atoms with Gasteiger partial charge in [0.05, 0.1) is 0 Å². The molecule has 0 saturated carbocycles. The van der Waals surface area contributed by atoms with Crippen LogP contribution in [0.15, 0.2) is 0 Å². The van der Waals surface area contributed by atoms with Crippen molar-refractivity contribution in [2.45, 2.75) is 4.83 Å². The third kappa shape index (κ3) is 3.46. The maximum absolute atomic E-state index is 3.90. The van der Waals surface area contributed by atoms with Gasteiger partial charge in [0, 0.05) is 15.5 Å². The molecule has 0 aromatic heterocycles. The van der Waals surface area contributed by atoms with E-state index in [-0.39, 0.29) is 0 Å². The maximum atomic E-state index is 3.90. The highest BCUT2D eigenvalue weighted by Crippen LogP contribution is 2.16. The minimum Gasteiger partial charge on any atom is -0.0925 e. The molecule has 0 bridgehead atoms. The van der Waals surface area contributed by atoms with Crippen molar-refractivity contribution in [2.75, 3.05) is 10.7 Å². The van der Waals surface area contributed by atoms with E-state index in [1.54, 1.807) is 0 Å². The van der Waals surface area contributed by atoms with Crippen LogP contribution >= 0.6 is 47.8 Å². The monoisotopic (exact) mass is 305 g/mol. The molecule has 0 heterocycles. The van der Waals surface area contributed by atoms with Gasteiger partial charge in [-0.3, -0.25) is 0 Å². The summed E-state index contributed by atoms with van der Waals surface area (Å²) < 4.78 is 0. The van der Waals surface area contributed by atoms with Crippen LogP contribution in [-0.2, 0) is 0 Å². The molecule has 0 aliphatic carbocycles. The predicted octanol–water partition coefficient (Wildman–Crippen LogP) is 2.99. The molecule has 49 valence electrons. The summed E-state index contributed by atoms with van der Waals surface area (Å²) in [6.07, 6.45) is 0. The number of alkyl halides is 3. The van der Waals surface area contributed by atoms with Crippen LogP contribution in [0, 0.1) is 12.8 Å². The predicted molar refractivity (Wildman–Crippen MR) is 49.2 cm³/mol. The molecule has 0 rings (SSSR count). The number of halogens is 3. The Bertz CT molecular complexity index is 47.6. The summed E-state index contributed by atoms with van der Waals surface area (Å²) in [4.78, 5) is 0.488. The van der Waals surface area contributed by atoms with Crippen molar-refractivity contribution in [3.8, 4) is 0 Å². The van der Waals surface area contributed by atoms with Gasteiger partial charge >= 0.3 is 0 Å². The van der Waals surface area contributed by atoms with Crippen molar-refractivity contribution in [3.05, 3.63) is 6.92 Å². The largest absolute Gasteiger partial charge is 0.0925 e. The quantitative estimate of drug-likeness (QED) is 0.703. The van der Waals surface area contributed by atoms with Gasteiger partial charge in [0.1, 0.15) is 0 Å². The standard InChI is InChI=1S/C5H8Br3/c1-4(2-6)5(8)3-7/h4-5H,1-3H2. The van der Waals surface area contributed by atoms with E-state index in [1.807, 2.05) is 0 Å². The van der Waals surface area contributed by atoms with Crippen molar-refractivity contribution >= 4 is 47.8 Å². The number of hydrogen-bond donors (Lipinski definition) is 0. The maximum Gasteiger partial charge on any atom is 0.0278 e. The van der Waals surface area contributed by atoms with Gasteiger partial charge in [-0.05, 0) is 12.8 Å². The Balaban J connectivity index is 3.29. The lowest BCUT2D eigenvalue weighted by Gasteiger charge is -2.10. The van der Waals surface area contributed by atoms with E-state index in [0.717, 1.165) is 10.7 Å². The van der Waals surface area contributed by atoms with E-state index >= 15 is 0 Å². The van der Waals surface area contributed by atoms with Crippen molar-refractivity contribution in [1.29, 1.82) is 0 Å². The molecule has 3 heteroatoms. The lowest BCUT2D eigenvalue weighted by atomic mass is 10.2. The van der Waals surface area contributed by atoms with Crippen LogP contribution in [-0.4, -0.2) is 15.5 Å². The highest BCUT2D eigenvalue weighted by atomic mass is 79.9. The van der Waals surface area contributed by atoms with Crippen LogP contribution in [0.5, 0.6) is 0 Å². The summed E-state index contributed by atoms with van der Waals surface area (Å²) in [6, 6.07) is 0. The minimum atomic E-state index is 0.453. The van der Waals surface area contributed by atoms with Gasteiger partial charge < -0.3 is 0 Å². The average molecular weight is 308 g/mol. The Morgan fingerprint density at radius 3 is 1.88 bits per heavy atom. The van der Waals surface area contributed by atoms with Crippen LogP contribution in [0.3, 0.4) is 0 Å². The van der Waals surface area contributed by atoms with Gasteiger partial charge in [0.25, 0.3) is 0 Å². The highest BCUT2D eigenvalue weighted by Gasteiger charge is 2.09. The minimum absolute atomic E-state index is 0.453. The van der Waals surface area contributed by atoms with Gasteiger partial charge in [-0.2, -0.15) is 0 Å². The van der Waals surface area contributed by atoms with E-state index in [2.05, 4.69) is 54.7 Å². The first-order valence-corrected chi connectivity index (χ1v) is 5.47. The average Bonchev–Trinajstić information content (AvgIpc) is 1.84. The van der Waals surface area contributed by atoms with E-state index in [4.69, 9.17) is 0 Å².